The van der Waals surface area contributed by atoms with Crippen molar-refractivity contribution < 1.29 is 4.39 Å². The third-order valence-electron chi connectivity index (χ3n) is 3.54. The predicted molar refractivity (Wildman–Crippen MR) is 81.0 cm³/mol. The average Bonchev–Trinajstić information content (AvgIpc) is 2.46. The van der Waals surface area contributed by atoms with Gasteiger partial charge in [0, 0.05) is 18.7 Å². The van der Waals surface area contributed by atoms with Crippen LogP contribution in [-0.4, -0.2) is 28.0 Å². The summed E-state index contributed by atoms with van der Waals surface area (Å²) in [5.74, 6) is 0.686. The van der Waals surface area contributed by atoms with Crippen molar-refractivity contribution >= 4 is 17.5 Å². The van der Waals surface area contributed by atoms with Gasteiger partial charge in [0.15, 0.2) is 5.82 Å². The Balaban J connectivity index is 2.00. The number of nitrogens with zero attached hydrogens (tertiary/aromatic N) is 4. The molecule has 2 aromatic rings. The highest BCUT2D eigenvalue weighted by Crippen LogP contribution is 2.23. The van der Waals surface area contributed by atoms with Crippen LogP contribution in [-0.2, 0) is 0 Å². The zero-order chi connectivity index (χ0) is 14.8. The monoisotopic (exact) mass is 306 g/mol. The van der Waals surface area contributed by atoms with E-state index in [9.17, 15) is 4.39 Å². The molecule has 21 heavy (non-hydrogen) atoms. The molecule has 3 rings (SSSR count). The molecule has 1 fully saturated rings. The highest BCUT2D eigenvalue weighted by atomic mass is 35.5. The lowest BCUT2D eigenvalue weighted by Crippen LogP contribution is -2.31. The molecule has 1 saturated heterocycles. The van der Waals surface area contributed by atoms with Crippen LogP contribution in [0.1, 0.15) is 24.8 Å². The molecule has 0 N–H and O–H groups in total. The number of aryl methyl sites for hydroxylation is 1. The van der Waals surface area contributed by atoms with E-state index in [2.05, 4.69) is 19.9 Å². The van der Waals surface area contributed by atoms with E-state index >= 15 is 0 Å². The Hall–Kier alpha value is -1.75. The van der Waals surface area contributed by atoms with Crippen LogP contribution in [0, 0.1) is 12.7 Å². The van der Waals surface area contributed by atoms with Gasteiger partial charge in [0.25, 0.3) is 0 Å². The molecule has 0 saturated carbocycles. The predicted octanol–water partition coefficient (Wildman–Crippen LogP) is 3.63. The second kappa shape index (κ2) is 5.93. The first kappa shape index (κ1) is 14.2. The van der Waals surface area contributed by atoms with Gasteiger partial charge in [0.1, 0.15) is 5.82 Å². The molecule has 6 heteroatoms. The largest absolute Gasteiger partial charge is 0.341 e. The molecule has 1 aromatic carbocycles. The Morgan fingerprint density at radius 1 is 1.05 bits per heavy atom. The van der Waals surface area contributed by atoms with E-state index in [1.165, 1.54) is 18.6 Å². The maximum Gasteiger partial charge on any atom is 0.230 e. The van der Waals surface area contributed by atoms with Crippen molar-refractivity contribution in [3.05, 3.63) is 34.9 Å². The van der Waals surface area contributed by atoms with Crippen molar-refractivity contribution in [2.45, 2.75) is 26.2 Å². The maximum atomic E-state index is 13.6. The lowest BCUT2D eigenvalue weighted by molar-refractivity contribution is 0.567. The molecule has 0 amide bonds. The molecular weight excluding hydrogens is 291 g/mol. The van der Waals surface area contributed by atoms with Gasteiger partial charge in [-0.1, -0.05) is 0 Å². The Morgan fingerprint density at radius 3 is 2.52 bits per heavy atom. The molecule has 1 aromatic heterocycles. The van der Waals surface area contributed by atoms with Gasteiger partial charge in [-0.15, -0.1) is 0 Å². The highest BCUT2D eigenvalue weighted by molar-refractivity contribution is 6.28. The molecule has 0 aliphatic carbocycles. The number of hydrogen-bond acceptors (Lipinski definition) is 4. The van der Waals surface area contributed by atoms with Gasteiger partial charge in [-0.05, 0) is 61.5 Å². The van der Waals surface area contributed by atoms with Gasteiger partial charge in [-0.25, -0.2) is 4.39 Å². The van der Waals surface area contributed by atoms with Crippen LogP contribution in [0.3, 0.4) is 0 Å². The van der Waals surface area contributed by atoms with Crippen LogP contribution in [0.15, 0.2) is 18.2 Å². The van der Waals surface area contributed by atoms with E-state index in [-0.39, 0.29) is 11.1 Å². The molecule has 0 radical (unpaired) electrons. The normalized spacial score (nSPS) is 15.3. The highest BCUT2D eigenvalue weighted by Gasteiger charge is 2.16. The smallest absolute Gasteiger partial charge is 0.230 e. The van der Waals surface area contributed by atoms with Gasteiger partial charge < -0.3 is 4.90 Å². The summed E-state index contributed by atoms with van der Waals surface area (Å²) in [5.41, 5.74) is 1.44. The van der Waals surface area contributed by atoms with E-state index in [1.54, 1.807) is 0 Å². The zero-order valence-electron chi connectivity index (χ0n) is 11.8. The summed E-state index contributed by atoms with van der Waals surface area (Å²) < 4.78 is 13.6. The Morgan fingerprint density at radius 2 is 1.81 bits per heavy atom. The quantitative estimate of drug-likeness (QED) is 0.849. The summed E-state index contributed by atoms with van der Waals surface area (Å²) in [6, 6.07) is 4.73. The molecular formula is C15H16ClFN4. The van der Waals surface area contributed by atoms with E-state index in [1.807, 2.05) is 13.0 Å². The van der Waals surface area contributed by atoms with Gasteiger partial charge in [0.05, 0.1) is 0 Å². The molecule has 110 valence electrons. The second-order valence-electron chi connectivity index (χ2n) is 5.29. The van der Waals surface area contributed by atoms with Crippen LogP contribution in [0.2, 0.25) is 5.28 Å². The van der Waals surface area contributed by atoms with Crippen molar-refractivity contribution in [3.8, 4) is 11.4 Å². The number of hydrogen-bond donors (Lipinski definition) is 0. The molecule has 0 unspecified atom stereocenters. The van der Waals surface area contributed by atoms with Crippen molar-refractivity contribution in [1.29, 1.82) is 0 Å². The fraction of sp³-hybridized carbons (Fsp3) is 0.400. The van der Waals surface area contributed by atoms with Crippen molar-refractivity contribution in [2.24, 2.45) is 0 Å². The van der Waals surface area contributed by atoms with E-state index in [0.717, 1.165) is 31.5 Å². The van der Waals surface area contributed by atoms with Gasteiger partial charge >= 0.3 is 0 Å². The number of aromatic nitrogens is 3. The number of rotatable bonds is 2. The van der Waals surface area contributed by atoms with E-state index in [0.29, 0.717) is 17.3 Å². The van der Waals surface area contributed by atoms with Crippen LogP contribution in [0.4, 0.5) is 10.3 Å². The summed E-state index contributed by atoms with van der Waals surface area (Å²) >= 11 is 6.02. The molecule has 1 aliphatic rings. The minimum atomic E-state index is -0.305. The van der Waals surface area contributed by atoms with Crippen LogP contribution < -0.4 is 4.90 Å². The third kappa shape index (κ3) is 3.29. The minimum absolute atomic E-state index is 0.141. The fourth-order valence-electron chi connectivity index (χ4n) is 2.57. The minimum Gasteiger partial charge on any atom is -0.341 e. The van der Waals surface area contributed by atoms with Gasteiger partial charge in [-0.3, -0.25) is 0 Å². The standard InChI is InChI=1S/C15H16ClFN4/c1-10-7-11(9-12(17)8-10)13-18-14(16)20-15(19-13)21-5-3-2-4-6-21/h7-9H,2-6H2,1H3. The summed E-state index contributed by atoms with van der Waals surface area (Å²) in [7, 11) is 0. The Labute approximate surface area is 128 Å². The van der Waals surface area contributed by atoms with Crippen LogP contribution in [0.5, 0.6) is 0 Å². The second-order valence-corrected chi connectivity index (χ2v) is 5.63. The third-order valence-corrected chi connectivity index (χ3v) is 3.70. The first-order valence-corrected chi connectivity index (χ1v) is 7.44. The molecule has 1 aliphatic heterocycles. The van der Waals surface area contributed by atoms with Crippen molar-refractivity contribution in [3.63, 3.8) is 0 Å². The van der Waals surface area contributed by atoms with Crippen molar-refractivity contribution in [2.75, 3.05) is 18.0 Å². The number of benzene rings is 1. The maximum absolute atomic E-state index is 13.6. The lowest BCUT2D eigenvalue weighted by Gasteiger charge is -2.26. The SMILES string of the molecule is Cc1cc(F)cc(-c2nc(Cl)nc(N3CCCCC3)n2)c1. The number of halogens is 2. The topological polar surface area (TPSA) is 41.9 Å². The summed E-state index contributed by atoms with van der Waals surface area (Å²) in [6.45, 7) is 3.67. The van der Waals surface area contributed by atoms with Gasteiger partial charge in [0.2, 0.25) is 11.2 Å². The Bertz CT molecular complexity index is 636. The van der Waals surface area contributed by atoms with Gasteiger partial charge in [-0.2, -0.15) is 15.0 Å². The summed E-state index contributed by atoms with van der Waals surface area (Å²) in [6.07, 6.45) is 3.47. The fourth-order valence-corrected chi connectivity index (χ4v) is 2.73. The van der Waals surface area contributed by atoms with Crippen LogP contribution >= 0.6 is 11.6 Å². The summed E-state index contributed by atoms with van der Waals surface area (Å²) in [4.78, 5) is 14.9. The number of anilines is 1. The van der Waals surface area contributed by atoms with E-state index < -0.39 is 0 Å². The zero-order valence-corrected chi connectivity index (χ0v) is 12.6. The molecule has 4 nitrogen and oxygen atoms in total. The van der Waals surface area contributed by atoms with E-state index in [4.69, 9.17) is 11.6 Å². The first-order chi connectivity index (χ1) is 10.1. The van der Waals surface area contributed by atoms with Crippen LogP contribution in [0.25, 0.3) is 11.4 Å². The average molecular weight is 307 g/mol. The number of piperidine rings is 1. The summed E-state index contributed by atoms with van der Waals surface area (Å²) in [5, 5.41) is 0.141. The lowest BCUT2D eigenvalue weighted by atomic mass is 10.1. The first-order valence-electron chi connectivity index (χ1n) is 7.06. The molecule has 0 bridgehead atoms. The van der Waals surface area contributed by atoms with Crippen molar-refractivity contribution in [1.82, 2.24) is 15.0 Å². The Kier molecular flexibility index (Phi) is 4.01. The molecule has 0 atom stereocenters. The molecule has 2 heterocycles. The molecule has 0 spiro atoms.